The number of nitrogens with one attached hydrogen (secondary N) is 1. The van der Waals surface area contributed by atoms with Crippen molar-refractivity contribution in [2.45, 2.75) is 20.8 Å². The van der Waals surface area contributed by atoms with Crippen LogP contribution in [-0.2, 0) is 0 Å². The molecule has 0 fully saturated rings. The second kappa shape index (κ2) is 7.83. The van der Waals surface area contributed by atoms with E-state index in [0.29, 0.717) is 11.1 Å². The highest BCUT2D eigenvalue weighted by atomic mass is 16.2. The molecule has 1 heterocycles. The van der Waals surface area contributed by atoms with Crippen molar-refractivity contribution in [3.05, 3.63) is 88.7 Å². The first-order valence-corrected chi connectivity index (χ1v) is 8.66. The van der Waals surface area contributed by atoms with Gasteiger partial charge in [0.2, 0.25) is 0 Å². The van der Waals surface area contributed by atoms with E-state index in [2.05, 4.69) is 10.4 Å². The van der Waals surface area contributed by atoms with Gasteiger partial charge in [-0.1, -0.05) is 18.2 Å². The van der Waals surface area contributed by atoms with Crippen LogP contribution in [0.3, 0.4) is 0 Å². The minimum absolute atomic E-state index is 0.0308. The number of nitrogens with zero attached hydrogens (tertiary/aromatic N) is 2. The van der Waals surface area contributed by atoms with Gasteiger partial charge in [-0.2, -0.15) is 0 Å². The first kappa shape index (κ1) is 18.3. The smallest absolute Gasteiger partial charge is 0.270 e. The van der Waals surface area contributed by atoms with Crippen LogP contribution in [0.1, 0.15) is 44.6 Å². The van der Waals surface area contributed by atoms with Gasteiger partial charge < -0.3 is 0 Å². The van der Waals surface area contributed by atoms with Gasteiger partial charge in [0.1, 0.15) is 0 Å². The predicted molar refractivity (Wildman–Crippen MR) is 108 cm³/mol. The van der Waals surface area contributed by atoms with Gasteiger partial charge in [0.25, 0.3) is 5.91 Å². The molecule has 0 aliphatic rings. The summed E-state index contributed by atoms with van der Waals surface area (Å²) >= 11 is 0. The largest absolute Gasteiger partial charge is 0.295 e. The molecule has 136 valence electrons. The van der Waals surface area contributed by atoms with Crippen LogP contribution in [0.5, 0.6) is 0 Å². The van der Waals surface area contributed by atoms with Gasteiger partial charge in [-0.3, -0.25) is 24.7 Å². The lowest BCUT2D eigenvalue weighted by Gasteiger charge is -2.11. The van der Waals surface area contributed by atoms with Gasteiger partial charge in [0.15, 0.2) is 5.78 Å². The molecule has 0 saturated heterocycles. The summed E-state index contributed by atoms with van der Waals surface area (Å²) in [6, 6.07) is 18.2. The maximum Gasteiger partial charge on any atom is 0.270 e. The van der Waals surface area contributed by atoms with Gasteiger partial charge in [0, 0.05) is 34.3 Å². The summed E-state index contributed by atoms with van der Waals surface area (Å²) < 4.78 is 1.76. The van der Waals surface area contributed by atoms with Gasteiger partial charge in [-0.25, -0.2) is 0 Å². The topological polar surface area (TPSA) is 63.5 Å². The molecule has 1 N–H and O–H groups in total. The SMILES string of the molecule is CC(=O)c1ccc(N=Cc2cc(C)n(NC(=O)c3ccccc3)c2C)cc1. The first-order chi connectivity index (χ1) is 13.0. The fraction of sp³-hybridized carbons (Fsp3) is 0.136. The van der Waals surface area contributed by atoms with E-state index in [4.69, 9.17) is 0 Å². The molecule has 3 aromatic rings. The van der Waals surface area contributed by atoms with Crippen molar-refractivity contribution >= 4 is 23.6 Å². The van der Waals surface area contributed by atoms with Crippen LogP contribution in [0.4, 0.5) is 5.69 Å². The van der Waals surface area contributed by atoms with Crippen LogP contribution in [0, 0.1) is 13.8 Å². The van der Waals surface area contributed by atoms with Gasteiger partial charge >= 0.3 is 0 Å². The highest BCUT2D eigenvalue weighted by Crippen LogP contribution is 2.16. The zero-order valence-electron chi connectivity index (χ0n) is 15.6. The Morgan fingerprint density at radius 3 is 2.26 bits per heavy atom. The van der Waals surface area contributed by atoms with Crippen molar-refractivity contribution in [2.75, 3.05) is 5.43 Å². The van der Waals surface area contributed by atoms with Crippen molar-refractivity contribution in [1.82, 2.24) is 4.68 Å². The molecular formula is C22H21N3O2. The van der Waals surface area contributed by atoms with Crippen LogP contribution in [-0.4, -0.2) is 22.6 Å². The van der Waals surface area contributed by atoms with E-state index in [1.807, 2.05) is 50.2 Å². The zero-order chi connectivity index (χ0) is 19.4. The van der Waals surface area contributed by atoms with Crippen molar-refractivity contribution in [1.29, 1.82) is 0 Å². The highest BCUT2D eigenvalue weighted by molar-refractivity contribution is 6.00. The number of carbonyl (C=O) groups is 2. The van der Waals surface area contributed by atoms with Crippen molar-refractivity contribution in [3.63, 3.8) is 0 Å². The molecule has 0 aliphatic carbocycles. The van der Waals surface area contributed by atoms with E-state index in [0.717, 1.165) is 22.6 Å². The Morgan fingerprint density at radius 1 is 0.963 bits per heavy atom. The number of ketones is 1. The molecule has 2 aromatic carbocycles. The molecule has 0 aliphatic heterocycles. The lowest BCUT2D eigenvalue weighted by molar-refractivity contribution is 0.100. The molecule has 0 bridgehead atoms. The maximum atomic E-state index is 12.4. The molecular weight excluding hydrogens is 338 g/mol. The van der Waals surface area contributed by atoms with E-state index in [-0.39, 0.29) is 11.7 Å². The number of Topliss-reactive ketones (excluding diaryl/α,β-unsaturated/α-hetero) is 1. The van der Waals surface area contributed by atoms with E-state index in [1.165, 1.54) is 6.92 Å². The highest BCUT2D eigenvalue weighted by Gasteiger charge is 2.11. The Labute approximate surface area is 158 Å². The summed E-state index contributed by atoms with van der Waals surface area (Å²) in [5.74, 6) is -0.135. The van der Waals surface area contributed by atoms with E-state index >= 15 is 0 Å². The molecule has 5 heteroatoms. The third-order valence-electron chi connectivity index (χ3n) is 4.35. The minimum atomic E-state index is -0.166. The standard InChI is InChI=1S/C22H21N3O2/c1-15-13-20(14-23-21-11-9-18(10-12-21)17(3)26)16(2)25(15)24-22(27)19-7-5-4-6-8-19/h4-14H,1-3H3,(H,24,27). The summed E-state index contributed by atoms with van der Waals surface area (Å²) in [7, 11) is 0. The quantitative estimate of drug-likeness (QED) is 0.541. The molecule has 1 aromatic heterocycles. The van der Waals surface area contributed by atoms with Crippen LogP contribution < -0.4 is 5.43 Å². The average Bonchev–Trinajstić information content (AvgIpc) is 2.95. The van der Waals surface area contributed by atoms with Gasteiger partial charge in [-0.15, -0.1) is 0 Å². The number of hydrogen-bond acceptors (Lipinski definition) is 3. The third kappa shape index (κ3) is 4.20. The van der Waals surface area contributed by atoms with Crippen LogP contribution in [0.15, 0.2) is 65.7 Å². The fourth-order valence-corrected chi connectivity index (χ4v) is 2.77. The number of amides is 1. The number of carbonyl (C=O) groups excluding carboxylic acids is 2. The van der Waals surface area contributed by atoms with Crippen molar-refractivity contribution < 1.29 is 9.59 Å². The first-order valence-electron chi connectivity index (χ1n) is 8.66. The van der Waals surface area contributed by atoms with E-state index < -0.39 is 0 Å². The lowest BCUT2D eigenvalue weighted by Crippen LogP contribution is -2.24. The van der Waals surface area contributed by atoms with Crippen LogP contribution in [0.25, 0.3) is 0 Å². The summed E-state index contributed by atoms with van der Waals surface area (Å²) in [6.45, 7) is 5.40. The number of benzene rings is 2. The number of rotatable bonds is 5. The Bertz CT molecular complexity index is 1000. The van der Waals surface area contributed by atoms with Gasteiger partial charge in [-0.05, 0) is 63.2 Å². The summed E-state index contributed by atoms with van der Waals surface area (Å²) in [5.41, 5.74) is 7.65. The zero-order valence-corrected chi connectivity index (χ0v) is 15.6. The Morgan fingerprint density at radius 2 is 1.63 bits per heavy atom. The van der Waals surface area contributed by atoms with E-state index in [1.54, 1.807) is 35.2 Å². The molecule has 0 unspecified atom stereocenters. The van der Waals surface area contributed by atoms with E-state index in [9.17, 15) is 9.59 Å². The van der Waals surface area contributed by atoms with Crippen molar-refractivity contribution in [3.8, 4) is 0 Å². The molecule has 27 heavy (non-hydrogen) atoms. The lowest BCUT2D eigenvalue weighted by atomic mass is 10.1. The normalized spacial score (nSPS) is 10.9. The van der Waals surface area contributed by atoms with Crippen molar-refractivity contribution in [2.24, 2.45) is 4.99 Å². The number of aliphatic imine (C=N–C) groups is 1. The number of hydrogen-bond donors (Lipinski definition) is 1. The second-order valence-electron chi connectivity index (χ2n) is 6.33. The summed E-state index contributed by atoms with van der Waals surface area (Å²) in [6.07, 6.45) is 1.76. The minimum Gasteiger partial charge on any atom is -0.295 e. The van der Waals surface area contributed by atoms with Gasteiger partial charge in [0.05, 0.1) is 5.69 Å². The fourth-order valence-electron chi connectivity index (χ4n) is 2.77. The monoisotopic (exact) mass is 359 g/mol. The maximum absolute atomic E-state index is 12.4. The molecule has 1 amide bonds. The average molecular weight is 359 g/mol. The molecule has 3 rings (SSSR count). The molecule has 0 spiro atoms. The molecule has 5 nitrogen and oxygen atoms in total. The molecule has 0 atom stereocenters. The summed E-state index contributed by atoms with van der Waals surface area (Å²) in [5, 5.41) is 0. The predicted octanol–water partition coefficient (Wildman–Crippen LogP) is 4.44. The van der Waals surface area contributed by atoms with Crippen LogP contribution in [0.2, 0.25) is 0 Å². The molecule has 0 radical (unpaired) electrons. The Kier molecular flexibility index (Phi) is 5.31. The number of aromatic nitrogens is 1. The Hall–Kier alpha value is -3.47. The summed E-state index contributed by atoms with van der Waals surface area (Å²) in [4.78, 5) is 28.2. The number of aryl methyl sites for hydroxylation is 1. The van der Waals surface area contributed by atoms with Crippen LogP contribution >= 0.6 is 0 Å². The molecule has 0 saturated carbocycles. The Balaban J connectivity index is 1.79. The third-order valence-corrected chi connectivity index (χ3v) is 4.35. The second-order valence-corrected chi connectivity index (χ2v) is 6.33.